The third-order valence-electron chi connectivity index (χ3n) is 3.35. The van der Waals surface area contributed by atoms with Crippen LogP contribution in [0.3, 0.4) is 0 Å². The average Bonchev–Trinajstić information content (AvgIpc) is 2.79. The maximum absolute atomic E-state index is 6.18. The summed E-state index contributed by atoms with van der Waals surface area (Å²) in [6.45, 7) is 4.51. The quantitative estimate of drug-likeness (QED) is 0.837. The number of hydrogen-bond donors (Lipinski definition) is 1. The van der Waals surface area contributed by atoms with E-state index in [1.54, 1.807) is 0 Å². The van der Waals surface area contributed by atoms with Crippen molar-refractivity contribution in [1.82, 2.24) is 4.90 Å². The Morgan fingerprint density at radius 3 is 2.71 bits per heavy atom. The fourth-order valence-electron chi connectivity index (χ4n) is 2.34. The van der Waals surface area contributed by atoms with Gasteiger partial charge in [0.25, 0.3) is 0 Å². The molecule has 0 unspecified atom stereocenters. The molecule has 0 amide bonds. The monoisotopic (exact) mass is 253 g/mol. The van der Waals surface area contributed by atoms with Gasteiger partial charge in [0.05, 0.1) is 16.4 Å². The average molecular weight is 254 g/mol. The SMILES string of the molecule is CN(CCN1CCCC1)c1c(N)cccc1Cl. The fourth-order valence-corrected chi connectivity index (χ4v) is 2.67. The largest absolute Gasteiger partial charge is 0.397 e. The van der Waals surface area contributed by atoms with Gasteiger partial charge in [-0.2, -0.15) is 0 Å². The molecule has 1 aliphatic heterocycles. The molecule has 0 bridgehead atoms. The van der Waals surface area contributed by atoms with Crippen LogP contribution in [0, 0.1) is 0 Å². The minimum atomic E-state index is 0.730. The van der Waals surface area contributed by atoms with E-state index < -0.39 is 0 Å². The standard InChI is InChI=1S/C13H20ClN3/c1-16(9-10-17-7-2-3-8-17)13-11(14)5-4-6-12(13)15/h4-6H,2-3,7-10,15H2,1H3. The van der Waals surface area contributed by atoms with Crippen LogP contribution < -0.4 is 10.6 Å². The minimum absolute atomic E-state index is 0.730. The van der Waals surface area contributed by atoms with Crippen LogP contribution in [0.25, 0.3) is 0 Å². The van der Waals surface area contributed by atoms with Gasteiger partial charge >= 0.3 is 0 Å². The molecular formula is C13H20ClN3. The zero-order chi connectivity index (χ0) is 12.3. The van der Waals surface area contributed by atoms with Gasteiger partial charge in [0.15, 0.2) is 0 Å². The maximum atomic E-state index is 6.18. The number of hydrogen-bond acceptors (Lipinski definition) is 3. The Hall–Kier alpha value is -0.930. The molecule has 0 atom stereocenters. The zero-order valence-corrected chi connectivity index (χ0v) is 11.1. The van der Waals surface area contributed by atoms with Gasteiger partial charge in [-0.1, -0.05) is 17.7 Å². The van der Waals surface area contributed by atoms with E-state index in [2.05, 4.69) is 9.80 Å². The lowest BCUT2D eigenvalue weighted by molar-refractivity contribution is 0.347. The summed E-state index contributed by atoms with van der Waals surface area (Å²) in [5.74, 6) is 0. The first-order valence-electron chi connectivity index (χ1n) is 6.16. The lowest BCUT2D eigenvalue weighted by atomic mass is 10.2. The predicted molar refractivity (Wildman–Crippen MR) is 74.8 cm³/mol. The van der Waals surface area contributed by atoms with Gasteiger partial charge in [-0.3, -0.25) is 0 Å². The van der Waals surface area contributed by atoms with E-state index in [1.165, 1.54) is 25.9 Å². The molecule has 0 aliphatic carbocycles. The van der Waals surface area contributed by atoms with E-state index in [-0.39, 0.29) is 0 Å². The molecule has 0 radical (unpaired) electrons. The lowest BCUT2D eigenvalue weighted by Gasteiger charge is -2.25. The molecule has 1 saturated heterocycles. The summed E-state index contributed by atoms with van der Waals surface area (Å²) in [4.78, 5) is 4.64. The number of halogens is 1. The van der Waals surface area contributed by atoms with Crippen molar-refractivity contribution in [3.63, 3.8) is 0 Å². The van der Waals surface area contributed by atoms with Crippen LogP contribution in [0.1, 0.15) is 12.8 Å². The van der Waals surface area contributed by atoms with Crippen molar-refractivity contribution in [2.75, 3.05) is 43.9 Å². The van der Waals surface area contributed by atoms with Gasteiger partial charge in [0.1, 0.15) is 0 Å². The molecular weight excluding hydrogens is 234 g/mol. The molecule has 2 rings (SSSR count). The number of nitrogens with two attached hydrogens (primary N) is 1. The molecule has 2 N–H and O–H groups in total. The topological polar surface area (TPSA) is 32.5 Å². The summed E-state index contributed by atoms with van der Waals surface area (Å²) in [5, 5.41) is 0.730. The predicted octanol–water partition coefficient (Wildman–Crippen LogP) is 2.45. The summed E-state index contributed by atoms with van der Waals surface area (Å²) in [5.41, 5.74) is 7.67. The van der Waals surface area contributed by atoms with Crippen molar-refractivity contribution in [2.24, 2.45) is 0 Å². The number of para-hydroxylation sites is 1. The van der Waals surface area contributed by atoms with Gasteiger partial charge in [-0.05, 0) is 38.1 Å². The second-order valence-corrected chi connectivity index (χ2v) is 5.06. The third kappa shape index (κ3) is 3.05. The summed E-state index contributed by atoms with van der Waals surface area (Å²) in [6, 6.07) is 5.67. The fraction of sp³-hybridized carbons (Fsp3) is 0.538. The first-order chi connectivity index (χ1) is 8.18. The second kappa shape index (κ2) is 5.61. The van der Waals surface area contributed by atoms with Crippen LogP contribution in [0.2, 0.25) is 5.02 Å². The number of likely N-dealkylation sites (N-methyl/N-ethyl adjacent to an activating group) is 1. The van der Waals surface area contributed by atoms with Crippen molar-refractivity contribution in [3.8, 4) is 0 Å². The van der Waals surface area contributed by atoms with Crippen LogP contribution >= 0.6 is 11.6 Å². The molecule has 0 aromatic heterocycles. The van der Waals surface area contributed by atoms with Gasteiger partial charge in [-0.15, -0.1) is 0 Å². The van der Waals surface area contributed by atoms with E-state index in [0.717, 1.165) is 29.5 Å². The highest BCUT2D eigenvalue weighted by Gasteiger charge is 2.14. The van der Waals surface area contributed by atoms with Crippen molar-refractivity contribution < 1.29 is 0 Å². The first kappa shape index (κ1) is 12.5. The Kier molecular flexibility index (Phi) is 4.13. The molecule has 1 aromatic rings. The maximum Gasteiger partial charge on any atom is 0.0786 e. The van der Waals surface area contributed by atoms with Gasteiger partial charge in [0, 0.05) is 20.1 Å². The summed E-state index contributed by atoms with van der Waals surface area (Å²) in [6.07, 6.45) is 2.66. The third-order valence-corrected chi connectivity index (χ3v) is 3.66. The molecule has 1 aliphatic rings. The highest BCUT2D eigenvalue weighted by Crippen LogP contribution is 2.30. The second-order valence-electron chi connectivity index (χ2n) is 4.65. The number of nitrogens with zero attached hydrogens (tertiary/aromatic N) is 2. The van der Waals surface area contributed by atoms with E-state index in [9.17, 15) is 0 Å². The van der Waals surface area contributed by atoms with Crippen molar-refractivity contribution >= 4 is 23.0 Å². The van der Waals surface area contributed by atoms with Crippen molar-refractivity contribution in [3.05, 3.63) is 23.2 Å². The molecule has 3 nitrogen and oxygen atoms in total. The summed E-state index contributed by atoms with van der Waals surface area (Å²) >= 11 is 6.18. The molecule has 17 heavy (non-hydrogen) atoms. The van der Waals surface area contributed by atoms with Crippen LogP contribution in [0.15, 0.2) is 18.2 Å². The Bertz CT molecular complexity index is 355. The van der Waals surface area contributed by atoms with Crippen LogP contribution in [0.4, 0.5) is 11.4 Å². The summed E-state index contributed by atoms with van der Waals surface area (Å²) in [7, 11) is 2.05. The number of nitrogen functional groups attached to an aromatic ring is 1. The minimum Gasteiger partial charge on any atom is -0.397 e. The van der Waals surface area contributed by atoms with E-state index >= 15 is 0 Å². The molecule has 0 saturated carbocycles. The Labute approximate surface area is 108 Å². The molecule has 0 spiro atoms. The Morgan fingerprint density at radius 1 is 1.35 bits per heavy atom. The van der Waals surface area contributed by atoms with Crippen molar-refractivity contribution in [1.29, 1.82) is 0 Å². The molecule has 94 valence electrons. The van der Waals surface area contributed by atoms with Crippen LogP contribution in [-0.2, 0) is 0 Å². The van der Waals surface area contributed by atoms with E-state index in [4.69, 9.17) is 17.3 Å². The number of anilines is 2. The number of benzene rings is 1. The lowest BCUT2D eigenvalue weighted by Crippen LogP contribution is -2.31. The van der Waals surface area contributed by atoms with Crippen LogP contribution in [-0.4, -0.2) is 38.1 Å². The molecule has 1 fully saturated rings. The summed E-state index contributed by atoms with van der Waals surface area (Å²) < 4.78 is 0. The molecule has 1 aromatic carbocycles. The van der Waals surface area contributed by atoms with Crippen molar-refractivity contribution in [2.45, 2.75) is 12.8 Å². The van der Waals surface area contributed by atoms with Gasteiger partial charge in [0.2, 0.25) is 0 Å². The highest BCUT2D eigenvalue weighted by molar-refractivity contribution is 6.33. The first-order valence-corrected chi connectivity index (χ1v) is 6.54. The Morgan fingerprint density at radius 2 is 2.06 bits per heavy atom. The number of likely N-dealkylation sites (tertiary alicyclic amines) is 1. The van der Waals surface area contributed by atoms with Gasteiger partial charge < -0.3 is 15.5 Å². The highest BCUT2D eigenvalue weighted by atomic mass is 35.5. The normalized spacial score (nSPS) is 16.4. The molecule has 1 heterocycles. The van der Waals surface area contributed by atoms with Gasteiger partial charge in [-0.25, -0.2) is 0 Å². The Balaban J connectivity index is 1.96. The number of rotatable bonds is 4. The zero-order valence-electron chi connectivity index (χ0n) is 10.3. The molecule has 4 heteroatoms. The van der Waals surface area contributed by atoms with E-state index in [0.29, 0.717) is 0 Å². The van der Waals surface area contributed by atoms with E-state index in [1.807, 2.05) is 25.2 Å². The van der Waals surface area contributed by atoms with Crippen LogP contribution in [0.5, 0.6) is 0 Å². The smallest absolute Gasteiger partial charge is 0.0786 e.